The van der Waals surface area contributed by atoms with Crippen molar-refractivity contribution in [3.8, 4) is 0 Å². The van der Waals surface area contributed by atoms with Crippen LogP contribution in [0.4, 0.5) is 0 Å². The van der Waals surface area contributed by atoms with E-state index in [4.69, 9.17) is 16.7 Å². The number of rotatable bonds is 4. The molecule has 3 rings (SSSR count). The summed E-state index contributed by atoms with van der Waals surface area (Å²) in [6.45, 7) is 3.49. The third kappa shape index (κ3) is 2.80. The molecule has 0 bridgehead atoms. The van der Waals surface area contributed by atoms with Crippen molar-refractivity contribution in [3.63, 3.8) is 0 Å². The first-order valence-electron chi connectivity index (χ1n) is 7.03. The van der Waals surface area contributed by atoms with Crippen molar-refractivity contribution in [3.05, 3.63) is 64.3 Å². The molecule has 1 N–H and O–H groups in total. The summed E-state index contributed by atoms with van der Waals surface area (Å²) in [6.07, 6.45) is 0. The van der Waals surface area contributed by atoms with Crippen molar-refractivity contribution in [2.75, 3.05) is 7.05 Å². The van der Waals surface area contributed by atoms with Crippen molar-refractivity contribution in [2.45, 2.75) is 20.0 Å². The van der Waals surface area contributed by atoms with E-state index in [9.17, 15) is 0 Å². The highest BCUT2D eigenvalue weighted by Gasteiger charge is 2.10. The molecule has 0 amide bonds. The number of nitrogens with one attached hydrogen (secondary N) is 1. The van der Waals surface area contributed by atoms with Gasteiger partial charge in [0.1, 0.15) is 0 Å². The summed E-state index contributed by atoms with van der Waals surface area (Å²) >= 11 is 6.35. The Labute approximate surface area is 129 Å². The number of benzene rings is 2. The highest BCUT2D eigenvalue weighted by molar-refractivity contribution is 6.31. The summed E-state index contributed by atoms with van der Waals surface area (Å²) in [4.78, 5) is 0. The lowest BCUT2D eigenvalue weighted by molar-refractivity contribution is 0.677. The first kappa shape index (κ1) is 14.1. The zero-order valence-corrected chi connectivity index (χ0v) is 13.0. The molecular formula is C17H18ClN3. The predicted molar refractivity (Wildman–Crippen MR) is 87.8 cm³/mol. The number of hydrogen-bond acceptors (Lipinski definition) is 2. The summed E-state index contributed by atoms with van der Waals surface area (Å²) in [5.41, 5.74) is 4.46. The van der Waals surface area contributed by atoms with Gasteiger partial charge in [0.25, 0.3) is 0 Å². The van der Waals surface area contributed by atoms with Gasteiger partial charge in [0.05, 0.1) is 17.8 Å². The molecule has 0 atom stereocenters. The molecule has 21 heavy (non-hydrogen) atoms. The average molecular weight is 300 g/mol. The van der Waals surface area contributed by atoms with Crippen LogP contribution in [0.2, 0.25) is 5.02 Å². The molecule has 3 aromatic rings. The molecule has 0 saturated carbocycles. The molecule has 1 aromatic heterocycles. The van der Waals surface area contributed by atoms with Crippen LogP contribution in [-0.2, 0) is 13.1 Å². The van der Waals surface area contributed by atoms with Gasteiger partial charge in [-0.1, -0.05) is 41.9 Å². The first-order chi connectivity index (χ1) is 10.2. The van der Waals surface area contributed by atoms with Gasteiger partial charge < -0.3 is 5.32 Å². The lowest BCUT2D eigenvalue weighted by Crippen LogP contribution is -2.08. The summed E-state index contributed by atoms with van der Waals surface area (Å²) in [7, 11) is 1.94. The minimum Gasteiger partial charge on any atom is -0.314 e. The Balaban J connectivity index is 2.04. The fourth-order valence-corrected chi connectivity index (χ4v) is 2.85. The SMILES string of the molecule is CNCc1nn(Cc2ccc(C)cc2Cl)c2ccccc12. The van der Waals surface area contributed by atoms with E-state index >= 15 is 0 Å². The summed E-state index contributed by atoms with van der Waals surface area (Å²) in [6, 6.07) is 14.5. The molecule has 0 fully saturated rings. The molecule has 0 aliphatic heterocycles. The Morgan fingerprint density at radius 3 is 2.76 bits per heavy atom. The second-order valence-corrected chi connectivity index (χ2v) is 5.65. The average Bonchev–Trinajstić information content (AvgIpc) is 2.81. The maximum absolute atomic E-state index is 6.35. The van der Waals surface area contributed by atoms with Crippen LogP contribution in [0.15, 0.2) is 42.5 Å². The van der Waals surface area contributed by atoms with Crippen LogP contribution >= 0.6 is 11.6 Å². The van der Waals surface area contributed by atoms with Crippen molar-refractivity contribution < 1.29 is 0 Å². The third-order valence-corrected chi connectivity index (χ3v) is 3.96. The molecule has 0 saturated heterocycles. The molecule has 0 unspecified atom stereocenters. The van der Waals surface area contributed by atoms with Crippen LogP contribution in [0, 0.1) is 6.92 Å². The number of halogens is 1. The largest absolute Gasteiger partial charge is 0.314 e. The van der Waals surface area contributed by atoms with Crippen LogP contribution in [0.25, 0.3) is 10.9 Å². The number of fused-ring (bicyclic) bond motifs is 1. The lowest BCUT2D eigenvalue weighted by atomic mass is 10.1. The number of nitrogens with zero attached hydrogens (tertiary/aromatic N) is 2. The monoisotopic (exact) mass is 299 g/mol. The van der Waals surface area contributed by atoms with Gasteiger partial charge in [-0.15, -0.1) is 0 Å². The van der Waals surface area contributed by atoms with E-state index in [-0.39, 0.29) is 0 Å². The molecule has 2 aromatic carbocycles. The molecule has 0 radical (unpaired) electrons. The van der Waals surface area contributed by atoms with Crippen LogP contribution in [0.3, 0.4) is 0 Å². The quantitative estimate of drug-likeness (QED) is 0.795. The Morgan fingerprint density at radius 2 is 2.00 bits per heavy atom. The Morgan fingerprint density at radius 1 is 1.19 bits per heavy atom. The van der Waals surface area contributed by atoms with Crippen molar-refractivity contribution in [1.29, 1.82) is 0 Å². The van der Waals surface area contributed by atoms with E-state index in [1.807, 2.05) is 36.9 Å². The zero-order valence-electron chi connectivity index (χ0n) is 12.2. The zero-order chi connectivity index (χ0) is 14.8. The van der Waals surface area contributed by atoms with E-state index in [0.29, 0.717) is 6.54 Å². The van der Waals surface area contributed by atoms with Gasteiger partial charge in [-0.2, -0.15) is 5.10 Å². The van der Waals surface area contributed by atoms with Gasteiger partial charge in [0.2, 0.25) is 0 Å². The highest BCUT2D eigenvalue weighted by atomic mass is 35.5. The van der Waals surface area contributed by atoms with Crippen molar-refractivity contribution >= 4 is 22.5 Å². The molecule has 3 nitrogen and oxygen atoms in total. The van der Waals surface area contributed by atoms with Gasteiger partial charge in [-0.3, -0.25) is 4.68 Å². The molecule has 0 aliphatic rings. The van der Waals surface area contributed by atoms with Gasteiger partial charge in [0, 0.05) is 17.0 Å². The van der Waals surface area contributed by atoms with E-state index < -0.39 is 0 Å². The number of aromatic nitrogens is 2. The van der Waals surface area contributed by atoms with E-state index in [0.717, 1.165) is 28.3 Å². The molecule has 1 heterocycles. The van der Waals surface area contributed by atoms with Gasteiger partial charge in [-0.05, 0) is 37.2 Å². The topological polar surface area (TPSA) is 29.9 Å². The van der Waals surface area contributed by atoms with Crippen LogP contribution in [0.5, 0.6) is 0 Å². The Kier molecular flexibility index (Phi) is 3.95. The summed E-state index contributed by atoms with van der Waals surface area (Å²) < 4.78 is 2.03. The minimum absolute atomic E-state index is 0.684. The molecule has 4 heteroatoms. The Bertz CT molecular complexity index is 777. The van der Waals surface area contributed by atoms with Crippen LogP contribution < -0.4 is 5.32 Å². The maximum Gasteiger partial charge on any atom is 0.0841 e. The van der Waals surface area contributed by atoms with Gasteiger partial charge in [-0.25, -0.2) is 0 Å². The number of aryl methyl sites for hydroxylation is 1. The van der Waals surface area contributed by atoms with Crippen molar-refractivity contribution in [1.82, 2.24) is 15.1 Å². The Hall–Kier alpha value is -1.84. The molecule has 108 valence electrons. The maximum atomic E-state index is 6.35. The van der Waals surface area contributed by atoms with Crippen molar-refractivity contribution in [2.24, 2.45) is 0 Å². The molecule has 0 spiro atoms. The van der Waals surface area contributed by atoms with E-state index in [1.54, 1.807) is 0 Å². The van der Waals surface area contributed by atoms with Crippen LogP contribution in [-0.4, -0.2) is 16.8 Å². The second-order valence-electron chi connectivity index (χ2n) is 5.25. The van der Waals surface area contributed by atoms with Gasteiger partial charge in [0.15, 0.2) is 0 Å². The fourth-order valence-electron chi connectivity index (χ4n) is 2.56. The number of hydrogen-bond donors (Lipinski definition) is 1. The fraction of sp³-hybridized carbons (Fsp3) is 0.235. The summed E-state index contributed by atoms with van der Waals surface area (Å²) in [5.74, 6) is 0. The smallest absolute Gasteiger partial charge is 0.0841 e. The normalized spacial score (nSPS) is 11.2. The lowest BCUT2D eigenvalue weighted by Gasteiger charge is -2.07. The van der Waals surface area contributed by atoms with E-state index in [1.165, 1.54) is 10.9 Å². The van der Waals surface area contributed by atoms with Crippen LogP contribution in [0.1, 0.15) is 16.8 Å². The van der Waals surface area contributed by atoms with Gasteiger partial charge >= 0.3 is 0 Å². The summed E-state index contributed by atoms with van der Waals surface area (Å²) in [5, 5.41) is 9.89. The number of para-hydroxylation sites is 1. The predicted octanol–water partition coefficient (Wildman–Crippen LogP) is 3.77. The molecular weight excluding hydrogens is 282 g/mol. The first-order valence-corrected chi connectivity index (χ1v) is 7.41. The molecule has 0 aliphatic carbocycles. The minimum atomic E-state index is 0.684. The third-order valence-electron chi connectivity index (χ3n) is 3.61. The second kappa shape index (κ2) is 5.88. The highest BCUT2D eigenvalue weighted by Crippen LogP contribution is 2.23. The standard InChI is InChI=1S/C17H18ClN3/c1-12-7-8-13(15(18)9-12)11-21-17-6-4-3-5-14(17)16(20-21)10-19-2/h3-9,19H,10-11H2,1-2H3. The van der Waals surface area contributed by atoms with E-state index in [2.05, 4.69) is 29.6 Å².